The first-order valence-corrected chi connectivity index (χ1v) is 8.20. The highest BCUT2D eigenvalue weighted by molar-refractivity contribution is 7.46. The van der Waals surface area contributed by atoms with Gasteiger partial charge in [-0.2, -0.15) is 0 Å². The maximum atomic E-state index is 11.8. The first kappa shape index (κ1) is 16.5. The van der Waals surface area contributed by atoms with Gasteiger partial charge in [0.15, 0.2) is 6.23 Å². The molecule has 0 aliphatic carbocycles. The molecule has 1 aromatic heterocycles. The Balaban J connectivity index is 1.92. The van der Waals surface area contributed by atoms with Gasteiger partial charge >= 0.3 is 13.5 Å². The van der Waals surface area contributed by atoms with E-state index in [9.17, 15) is 19.3 Å². The molecule has 0 amide bonds. The molecule has 3 heterocycles. The van der Waals surface area contributed by atoms with Gasteiger partial charge in [-0.1, -0.05) is 0 Å². The van der Waals surface area contributed by atoms with E-state index in [0.29, 0.717) is 0 Å². The first-order chi connectivity index (χ1) is 10.6. The molecule has 2 saturated heterocycles. The van der Waals surface area contributed by atoms with Crippen molar-refractivity contribution in [3.63, 3.8) is 0 Å². The number of H-pyrrole nitrogens is 1. The van der Waals surface area contributed by atoms with Gasteiger partial charge in [0, 0.05) is 12.3 Å². The molecule has 128 valence electrons. The molecule has 2 fully saturated rings. The van der Waals surface area contributed by atoms with Crippen LogP contribution >= 0.6 is 7.82 Å². The molecule has 1 aromatic rings. The lowest BCUT2D eigenvalue weighted by Crippen LogP contribution is -2.50. The molecule has 0 unspecified atom stereocenters. The number of phosphoric ester groups is 1. The van der Waals surface area contributed by atoms with Gasteiger partial charge in [0.25, 0.3) is 5.56 Å². The molecular weight excluding hydrogens is 335 g/mol. The molecule has 4 N–H and O–H groups in total. The number of phosphoric acid groups is 1. The van der Waals surface area contributed by atoms with Crippen LogP contribution in [0.5, 0.6) is 0 Å². The molecule has 0 aromatic carbocycles. The second-order valence-electron chi connectivity index (χ2n) is 5.43. The van der Waals surface area contributed by atoms with Crippen LogP contribution in [0.2, 0.25) is 0 Å². The van der Waals surface area contributed by atoms with Crippen LogP contribution in [0.3, 0.4) is 0 Å². The second-order valence-corrected chi connectivity index (χ2v) is 6.67. The fourth-order valence-corrected chi connectivity index (χ4v) is 3.26. The van der Waals surface area contributed by atoms with E-state index in [-0.39, 0.29) is 0 Å². The number of hydrogen-bond donors (Lipinski definition) is 4. The number of nitrogens with zero attached hydrogens (tertiary/aromatic N) is 1. The van der Waals surface area contributed by atoms with Crippen molar-refractivity contribution in [1.29, 1.82) is 0 Å². The Morgan fingerprint density at radius 3 is 2.78 bits per heavy atom. The summed E-state index contributed by atoms with van der Waals surface area (Å²) >= 11 is 0. The first-order valence-electron chi connectivity index (χ1n) is 6.67. The third-order valence-electron chi connectivity index (χ3n) is 4.07. The highest BCUT2D eigenvalue weighted by atomic mass is 31.2. The Morgan fingerprint density at radius 2 is 2.17 bits per heavy atom. The number of fused-ring (bicyclic) bond motifs is 2. The van der Waals surface area contributed by atoms with Crippen LogP contribution in [0.25, 0.3) is 0 Å². The van der Waals surface area contributed by atoms with Gasteiger partial charge in [-0.3, -0.25) is 18.9 Å². The second kappa shape index (κ2) is 5.35. The average molecular weight is 350 g/mol. The van der Waals surface area contributed by atoms with Crippen molar-refractivity contribution in [2.24, 2.45) is 0 Å². The molecule has 12 heteroatoms. The van der Waals surface area contributed by atoms with Crippen LogP contribution in [0.4, 0.5) is 0 Å². The van der Waals surface area contributed by atoms with E-state index in [1.54, 1.807) is 6.92 Å². The maximum absolute atomic E-state index is 11.8. The summed E-state index contributed by atoms with van der Waals surface area (Å²) in [5.74, 6) is 0. The third-order valence-corrected chi connectivity index (χ3v) is 4.53. The lowest BCUT2D eigenvalue weighted by molar-refractivity contribution is -0.217. The summed E-state index contributed by atoms with van der Waals surface area (Å²) in [6.45, 7) is 0.933. The highest BCUT2D eigenvalue weighted by Gasteiger charge is 2.66. The number of nitrogens with one attached hydrogen (secondary N) is 1. The lowest BCUT2D eigenvalue weighted by atomic mass is 9.94. The van der Waals surface area contributed by atoms with Gasteiger partial charge in [-0.15, -0.1) is 0 Å². The molecule has 0 radical (unpaired) electrons. The summed E-state index contributed by atoms with van der Waals surface area (Å²) in [6, 6.07) is 1.10. The van der Waals surface area contributed by atoms with E-state index in [4.69, 9.17) is 19.3 Å². The Morgan fingerprint density at radius 1 is 1.48 bits per heavy atom. The minimum absolute atomic E-state index is 0.594. The largest absolute Gasteiger partial charge is 0.469 e. The fourth-order valence-electron chi connectivity index (χ4n) is 2.89. The minimum atomic E-state index is -4.78. The van der Waals surface area contributed by atoms with Crippen molar-refractivity contribution < 1.29 is 33.5 Å². The molecule has 0 saturated carbocycles. The Bertz CT molecular complexity index is 769. The molecule has 23 heavy (non-hydrogen) atoms. The SMILES string of the molecule is C[C@@H]1O[C@H]2[C@H](n3ccc(=O)[nH]c3=O)O[C@]1(COP(=O)(O)O)[C@H]2O. The van der Waals surface area contributed by atoms with Gasteiger partial charge in [-0.25, -0.2) is 9.36 Å². The van der Waals surface area contributed by atoms with E-state index in [0.717, 1.165) is 10.6 Å². The van der Waals surface area contributed by atoms with Crippen molar-refractivity contribution in [2.45, 2.75) is 37.1 Å². The van der Waals surface area contributed by atoms with Crippen molar-refractivity contribution >= 4 is 7.82 Å². The van der Waals surface area contributed by atoms with Gasteiger partial charge < -0.3 is 24.4 Å². The molecule has 0 spiro atoms. The topological polar surface area (TPSA) is 160 Å². The Hall–Kier alpha value is -1.33. The molecule has 11 nitrogen and oxygen atoms in total. The minimum Gasteiger partial charge on any atom is -0.387 e. The average Bonchev–Trinajstić information content (AvgIpc) is 2.83. The van der Waals surface area contributed by atoms with Crippen molar-refractivity contribution in [1.82, 2.24) is 9.55 Å². The van der Waals surface area contributed by atoms with E-state index in [1.165, 1.54) is 6.20 Å². The number of hydrogen-bond acceptors (Lipinski definition) is 7. The van der Waals surface area contributed by atoms with E-state index in [1.807, 2.05) is 4.98 Å². The van der Waals surface area contributed by atoms with Crippen LogP contribution in [0.15, 0.2) is 21.9 Å². The summed E-state index contributed by atoms with van der Waals surface area (Å²) in [4.78, 5) is 42.7. The zero-order valence-electron chi connectivity index (χ0n) is 11.9. The number of aromatic amines is 1. The fraction of sp³-hybridized carbons (Fsp3) is 0.636. The van der Waals surface area contributed by atoms with Gasteiger partial charge in [0.1, 0.15) is 17.8 Å². The summed E-state index contributed by atoms with van der Waals surface area (Å²) in [5, 5.41) is 10.4. The highest BCUT2D eigenvalue weighted by Crippen LogP contribution is 2.50. The van der Waals surface area contributed by atoms with Crippen LogP contribution in [-0.2, 0) is 18.6 Å². The summed E-state index contributed by atoms with van der Waals surface area (Å²) in [6.07, 6.45) is -2.82. The summed E-state index contributed by atoms with van der Waals surface area (Å²) in [5.41, 5.74) is -2.89. The smallest absolute Gasteiger partial charge is 0.387 e. The zero-order valence-corrected chi connectivity index (χ0v) is 12.8. The predicted octanol–water partition coefficient (Wildman–Crippen LogP) is -1.94. The van der Waals surface area contributed by atoms with Crippen LogP contribution in [0.1, 0.15) is 13.2 Å². The number of aliphatic hydroxyl groups excluding tert-OH is 1. The molecule has 2 bridgehead atoms. The lowest BCUT2D eigenvalue weighted by Gasteiger charge is -2.35. The number of rotatable bonds is 4. The van der Waals surface area contributed by atoms with Crippen LogP contribution in [0, 0.1) is 0 Å². The number of ether oxygens (including phenoxy) is 2. The van der Waals surface area contributed by atoms with E-state index in [2.05, 4.69) is 4.52 Å². The normalized spacial score (nSPS) is 36.5. The standard InChI is InChI=1S/C11H15N2O9P/c1-5-11(4-20-23(17,18)19)8(15)7(21-5)9(22-11)13-3-2-6(14)12-10(13)16/h2-3,5,7-9,15H,4H2,1H3,(H,12,14,16)(H2,17,18,19)/t5-,7+,8-,9+,11-/m0/s1. The molecule has 5 atom stereocenters. The third kappa shape index (κ3) is 2.70. The molecule has 2 aliphatic rings. The predicted molar refractivity (Wildman–Crippen MR) is 72.5 cm³/mol. The monoisotopic (exact) mass is 350 g/mol. The Kier molecular flexibility index (Phi) is 3.84. The number of aliphatic hydroxyl groups is 1. The molecule has 2 aliphatic heterocycles. The Labute approximate surface area is 128 Å². The van der Waals surface area contributed by atoms with Gasteiger partial charge in [-0.05, 0) is 6.92 Å². The van der Waals surface area contributed by atoms with Crippen molar-refractivity contribution in [3.8, 4) is 0 Å². The van der Waals surface area contributed by atoms with Gasteiger partial charge in [0.2, 0.25) is 0 Å². The van der Waals surface area contributed by atoms with E-state index < -0.39 is 55.8 Å². The van der Waals surface area contributed by atoms with Crippen molar-refractivity contribution in [2.75, 3.05) is 6.61 Å². The summed E-state index contributed by atoms with van der Waals surface area (Å²) in [7, 11) is -4.78. The molecule has 3 rings (SSSR count). The molecular formula is C11H15N2O9P. The van der Waals surface area contributed by atoms with Crippen LogP contribution in [-0.4, -0.2) is 55.0 Å². The van der Waals surface area contributed by atoms with E-state index >= 15 is 0 Å². The van der Waals surface area contributed by atoms with Crippen molar-refractivity contribution in [3.05, 3.63) is 33.1 Å². The maximum Gasteiger partial charge on any atom is 0.469 e. The summed E-state index contributed by atoms with van der Waals surface area (Å²) < 4.78 is 27.6. The number of aromatic nitrogens is 2. The quantitative estimate of drug-likeness (QED) is 0.453. The van der Waals surface area contributed by atoms with Crippen LogP contribution < -0.4 is 11.2 Å². The van der Waals surface area contributed by atoms with Gasteiger partial charge in [0.05, 0.1) is 12.7 Å². The zero-order chi connectivity index (χ0) is 17.0.